The molecule has 0 radical (unpaired) electrons. The summed E-state index contributed by atoms with van der Waals surface area (Å²) in [7, 11) is 0. The van der Waals surface area contributed by atoms with Gasteiger partial charge in [-0.05, 0) is 86.7 Å². The van der Waals surface area contributed by atoms with Crippen molar-refractivity contribution in [2.75, 3.05) is 0 Å². The van der Waals surface area contributed by atoms with E-state index in [9.17, 15) is 0 Å². The van der Waals surface area contributed by atoms with Crippen molar-refractivity contribution in [3.8, 4) is 33.8 Å². The molecule has 2 heteroatoms. The first kappa shape index (κ1) is 25.3. The van der Waals surface area contributed by atoms with E-state index in [4.69, 9.17) is 4.74 Å². The molecule has 1 aliphatic carbocycles. The zero-order valence-corrected chi connectivity index (χ0v) is 23.7. The first-order valence-electron chi connectivity index (χ1n) is 14.8. The first-order chi connectivity index (χ1) is 21.3. The molecule has 43 heavy (non-hydrogen) atoms. The molecule has 1 heterocycles. The number of hydrogen-bond donors (Lipinski definition) is 0. The Labute approximate surface area is 251 Å². The van der Waals surface area contributed by atoms with Crippen LogP contribution in [0.3, 0.4) is 0 Å². The van der Waals surface area contributed by atoms with Crippen LogP contribution in [-0.2, 0) is 0 Å². The van der Waals surface area contributed by atoms with Crippen LogP contribution in [0.1, 0.15) is 18.4 Å². The lowest BCUT2D eigenvalue weighted by molar-refractivity contribution is 0.494. The van der Waals surface area contributed by atoms with Gasteiger partial charge in [-0.3, -0.25) is 4.98 Å². The van der Waals surface area contributed by atoms with Crippen LogP contribution in [0.5, 0.6) is 11.5 Å². The fraction of sp³-hybridized carbons (Fsp3) is 0.0488. The summed E-state index contributed by atoms with van der Waals surface area (Å²) in [6.45, 7) is 0. The molecule has 0 aliphatic heterocycles. The van der Waals surface area contributed by atoms with Gasteiger partial charge in [-0.25, -0.2) is 0 Å². The molecule has 2 nitrogen and oxygen atoms in total. The van der Waals surface area contributed by atoms with Crippen molar-refractivity contribution in [1.82, 2.24) is 4.98 Å². The maximum atomic E-state index is 6.91. The average molecular weight is 552 g/mol. The van der Waals surface area contributed by atoms with Gasteiger partial charge in [-0.1, -0.05) is 115 Å². The van der Waals surface area contributed by atoms with Crippen LogP contribution in [0.4, 0.5) is 0 Å². The van der Waals surface area contributed by atoms with Crippen LogP contribution >= 0.6 is 0 Å². The molecule has 0 atom stereocenters. The van der Waals surface area contributed by atoms with Gasteiger partial charge < -0.3 is 4.74 Å². The van der Waals surface area contributed by atoms with Crippen molar-refractivity contribution in [1.29, 1.82) is 0 Å². The molecular weight excluding hydrogens is 522 g/mol. The highest BCUT2D eigenvalue weighted by Gasteiger charge is 2.19. The van der Waals surface area contributed by atoms with Crippen LogP contribution in [0.25, 0.3) is 60.1 Å². The van der Waals surface area contributed by atoms with Gasteiger partial charge in [-0.2, -0.15) is 0 Å². The predicted octanol–water partition coefficient (Wildman–Crippen LogP) is 11.4. The molecule has 6 aromatic carbocycles. The normalized spacial score (nSPS) is 13.0. The summed E-state index contributed by atoms with van der Waals surface area (Å²) in [4.78, 5) is 4.57. The monoisotopic (exact) mass is 551 g/mol. The third kappa shape index (κ3) is 4.58. The van der Waals surface area contributed by atoms with Gasteiger partial charge in [-0.15, -0.1) is 0 Å². The zero-order chi connectivity index (χ0) is 28.6. The van der Waals surface area contributed by atoms with Gasteiger partial charge in [0.2, 0.25) is 0 Å². The molecule has 0 amide bonds. The van der Waals surface area contributed by atoms with Crippen LogP contribution < -0.4 is 4.74 Å². The van der Waals surface area contributed by atoms with Gasteiger partial charge in [0.1, 0.15) is 11.5 Å². The standard InChI is InChI=1S/C41H29NO/c1-3-12-29(13-4-1)34-22-21-33(26-38(34)30-14-5-2-6-15-30)43-41-36-18-10-9-17-35(36)40(39-27-42-24-23-37(39)41)32-20-19-28-11-7-8-16-31(28)25-32/h1-3,5-12,14-27H,4,13H2. The number of rotatable bonds is 5. The molecule has 1 aromatic heterocycles. The molecule has 0 saturated carbocycles. The summed E-state index contributed by atoms with van der Waals surface area (Å²) in [6.07, 6.45) is 12.6. The first-order valence-corrected chi connectivity index (χ1v) is 14.8. The van der Waals surface area contributed by atoms with E-state index in [1.165, 1.54) is 44.2 Å². The van der Waals surface area contributed by atoms with E-state index in [-0.39, 0.29) is 0 Å². The molecule has 7 aromatic rings. The van der Waals surface area contributed by atoms with E-state index in [0.717, 1.165) is 45.9 Å². The minimum absolute atomic E-state index is 0.816. The van der Waals surface area contributed by atoms with Crippen molar-refractivity contribution in [2.24, 2.45) is 0 Å². The van der Waals surface area contributed by atoms with E-state index in [1.807, 2.05) is 12.4 Å². The van der Waals surface area contributed by atoms with Crippen LogP contribution in [0.15, 0.2) is 152 Å². The van der Waals surface area contributed by atoms with E-state index < -0.39 is 0 Å². The lowest BCUT2D eigenvalue weighted by Crippen LogP contribution is -1.96. The van der Waals surface area contributed by atoms with Gasteiger partial charge in [0.15, 0.2) is 0 Å². The fourth-order valence-corrected chi connectivity index (χ4v) is 6.42. The second kappa shape index (κ2) is 10.7. The highest BCUT2D eigenvalue weighted by Crippen LogP contribution is 2.45. The van der Waals surface area contributed by atoms with Crippen LogP contribution in [0.2, 0.25) is 0 Å². The van der Waals surface area contributed by atoms with E-state index in [0.29, 0.717) is 0 Å². The largest absolute Gasteiger partial charge is 0.456 e. The van der Waals surface area contributed by atoms with Crippen molar-refractivity contribution in [3.63, 3.8) is 0 Å². The molecule has 0 saturated heterocycles. The summed E-state index contributed by atoms with van der Waals surface area (Å²) in [5.74, 6) is 1.67. The quantitative estimate of drug-likeness (QED) is 0.199. The number of aromatic nitrogens is 1. The topological polar surface area (TPSA) is 22.1 Å². The number of pyridine rings is 1. The van der Waals surface area contributed by atoms with E-state index >= 15 is 0 Å². The molecule has 0 N–H and O–H groups in total. The SMILES string of the molecule is C1=CCCC(c2ccc(Oc3c4ccccc4c(-c4ccc5ccccc5c4)c4cnccc34)cc2-c2ccccc2)=C1. The maximum absolute atomic E-state index is 6.91. The molecule has 0 fully saturated rings. The van der Waals surface area contributed by atoms with Crippen LogP contribution in [0, 0.1) is 0 Å². The molecular formula is C41H29NO. The highest BCUT2D eigenvalue weighted by atomic mass is 16.5. The van der Waals surface area contributed by atoms with Crippen molar-refractivity contribution >= 4 is 37.9 Å². The molecule has 204 valence electrons. The molecule has 8 rings (SSSR count). The average Bonchev–Trinajstić information content (AvgIpc) is 3.09. The number of fused-ring (bicyclic) bond motifs is 3. The Morgan fingerprint density at radius 2 is 1.37 bits per heavy atom. The predicted molar refractivity (Wildman–Crippen MR) is 180 cm³/mol. The van der Waals surface area contributed by atoms with E-state index in [1.54, 1.807) is 0 Å². The fourth-order valence-electron chi connectivity index (χ4n) is 6.42. The van der Waals surface area contributed by atoms with Crippen molar-refractivity contribution in [2.45, 2.75) is 12.8 Å². The number of ether oxygens (including phenoxy) is 1. The van der Waals surface area contributed by atoms with Crippen molar-refractivity contribution < 1.29 is 4.74 Å². The lowest BCUT2D eigenvalue weighted by atomic mass is 9.90. The smallest absolute Gasteiger partial charge is 0.143 e. The Hall–Kier alpha value is -5.47. The number of allylic oxidation sites excluding steroid dienone is 4. The second-order valence-electron chi connectivity index (χ2n) is 11.1. The molecule has 0 unspecified atom stereocenters. The zero-order valence-electron chi connectivity index (χ0n) is 23.7. The summed E-state index contributed by atoms with van der Waals surface area (Å²) >= 11 is 0. The molecule has 0 spiro atoms. The maximum Gasteiger partial charge on any atom is 0.143 e. The number of nitrogens with zero attached hydrogens (tertiary/aromatic N) is 1. The summed E-state index contributed by atoms with van der Waals surface area (Å²) in [5, 5.41) is 6.80. The Morgan fingerprint density at radius 3 is 2.23 bits per heavy atom. The van der Waals surface area contributed by atoms with E-state index in [2.05, 4.69) is 145 Å². The Bertz CT molecular complexity index is 2150. The summed E-state index contributed by atoms with van der Waals surface area (Å²) in [6, 6.07) is 43.0. The number of benzene rings is 6. The third-order valence-electron chi connectivity index (χ3n) is 8.47. The summed E-state index contributed by atoms with van der Waals surface area (Å²) < 4.78 is 6.91. The van der Waals surface area contributed by atoms with Gasteiger partial charge in [0.25, 0.3) is 0 Å². The van der Waals surface area contributed by atoms with Gasteiger partial charge in [0.05, 0.1) is 0 Å². The number of hydrogen-bond acceptors (Lipinski definition) is 2. The van der Waals surface area contributed by atoms with Gasteiger partial charge in [0, 0.05) is 28.6 Å². The molecule has 1 aliphatic rings. The Morgan fingerprint density at radius 1 is 0.581 bits per heavy atom. The lowest BCUT2D eigenvalue weighted by Gasteiger charge is -2.19. The van der Waals surface area contributed by atoms with Crippen LogP contribution in [-0.4, -0.2) is 4.98 Å². The summed E-state index contributed by atoms with van der Waals surface area (Å²) in [5.41, 5.74) is 7.33. The Kier molecular flexibility index (Phi) is 6.31. The second-order valence-corrected chi connectivity index (χ2v) is 11.1. The minimum atomic E-state index is 0.816. The highest BCUT2D eigenvalue weighted by molar-refractivity contribution is 6.17. The minimum Gasteiger partial charge on any atom is -0.456 e. The third-order valence-corrected chi connectivity index (χ3v) is 8.47. The molecule has 0 bridgehead atoms. The van der Waals surface area contributed by atoms with Gasteiger partial charge >= 0.3 is 0 Å². The Balaban J connectivity index is 1.32. The van der Waals surface area contributed by atoms with Crippen molar-refractivity contribution in [3.05, 3.63) is 158 Å².